The fraction of sp³-hybridized carbons (Fsp3) is 0.464. The predicted octanol–water partition coefficient (Wildman–Crippen LogP) is 3.06. The lowest BCUT2D eigenvalue weighted by Crippen LogP contribution is -2.56. The number of nitrogens with one attached hydrogen (secondary N) is 2. The maximum Gasteiger partial charge on any atom is 0.248 e. The maximum atomic E-state index is 14.2. The standard InChI is InChI=1S/C28H32BrN3O4S/c1-15-8-7-9-16(2)22(15)31-26(35)24-28-13-19(29)23(37-28)20(25(34)30-3)21(28)27(36)32(24)18(14-33)12-17-10-5-4-6-11-17/h4-11,18-21,23-24,33H,12-14H2,1-3H3,(H,30,34)(H,31,35)/t18-,19?,20-,21+,23-,24?,28?/m1/s1. The summed E-state index contributed by atoms with van der Waals surface area (Å²) in [7, 11) is 1.59. The van der Waals surface area contributed by atoms with Crippen molar-refractivity contribution in [2.45, 2.75) is 53.6 Å². The van der Waals surface area contributed by atoms with E-state index >= 15 is 0 Å². The number of halogens is 1. The summed E-state index contributed by atoms with van der Waals surface area (Å²) >= 11 is 5.36. The summed E-state index contributed by atoms with van der Waals surface area (Å²) in [5.74, 6) is -1.85. The number of hydrogen-bond acceptors (Lipinski definition) is 5. The van der Waals surface area contributed by atoms with Crippen molar-refractivity contribution >= 4 is 51.1 Å². The number of aryl methyl sites for hydroxylation is 2. The maximum absolute atomic E-state index is 14.2. The first-order valence-electron chi connectivity index (χ1n) is 12.6. The molecule has 0 radical (unpaired) electrons. The number of hydrogen-bond donors (Lipinski definition) is 3. The first-order valence-corrected chi connectivity index (χ1v) is 14.4. The second kappa shape index (κ2) is 10.1. The highest BCUT2D eigenvalue weighted by atomic mass is 79.9. The lowest BCUT2D eigenvalue weighted by Gasteiger charge is -2.37. The lowest BCUT2D eigenvalue weighted by atomic mass is 9.70. The second-order valence-corrected chi connectivity index (χ2v) is 13.0. The molecule has 2 aromatic rings. The molecule has 1 spiro atoms. The highest BCUT2D eigenvalue weighted by Gasteiger charge is 2.76. The number of carbonyl (C=O) groups excluding carboxylic acids is 3. The summed E-state index contributed by atoms with van der Waals surface area (Å²) in [6.45, 7) is 3.60. The van der Waals surface area contributed by atoms with Gasteiger partial charge in [-0.15, -0.1) is 11.8 Å². The Morgan fingerprint density at radius 1 is 1.14 bits per heavy atom. The molecule has 7 atom stereocenters. The molecular weight excluding hydrogens is 554 g/mol. The van der Waals surface area contributed by atoms with E-state index in [1.807, 2.05) is 62.4 Å². The minimum Gasteiger partial charge on any atom is -0.394 e. The zero-order valence-corrected chi connectivity index (χ0v) is 23.5. The summed E-state index contributed by atoms with van der Waals surface area (Å²) in [6, 6.07) is 14.1. The van der Waals surface area contributed by atoms with Crippen molar-refractivity contribution in [1.29, 1.82) is 0 Å². The normalized spacial score (nSPS) is 30.8. The van der Waals surface area contributed by atoms with Crippen molar-refractivity contribution in [3.05, 3.63) is 65.2 Å². The highest BCUT2D eigenvalue weighted by Crippen LogP contribution is 2.68. The fourth-order valence-electron chi connectivity index (χ4n) is 6.57. The summed E-state index contributed by atoms with van der Waals surface area (Å²) in [6.07, 6.45) is 1.01. The number of amides is 3. The van der Waals surface area contributed by atoms with Crippen molar-refractivity contribution in [2.75, 3.05) is 19.0 Å². The van der Waals surface area contributed by atoms with E-state index in [4.69, 9.17) is 0 Å². The van der Waals surface area contributed by atoms with Gasteiger partial charge in [0.1, 0.15) is 6.04 Å². The molecule has 7 nitrogen and oxygen atoms in total. The van der Waals surface area contributed by atoms with Gasteiger partial charge in [0.15, 0.2) is 0 Å². The first kappa shape index (κ1) is 26.3. The van der Waals surface area contributed by atoms with Gasteiger partial charge in [-0.2, -0.15) is 0 Å². The number of para-hydroxylation sites is 1. The minimum atomic E-state index is -0.824. The topological polar surface area (TPSA) is 98.7 Å². The number of rotatable bonds is 7. The Morgan fingerprint density at radius 2 is 1.81 bits per heavy atom. The van der Waals surface area contributed by atoms with Crippen LogP contribution in [0.1, 0.15) is 23.1 Å². The molecule has 196 valence electrons. The largest absolute Gasteiger partial charge is 0.394 e. The second-order valence-electron chi connectivity index (χ2n) is 10.3. The van der Waals surface area contributed by atoms with Crippen LogP contribution in [-0.4, -0.2) is 68.3 Å². The van der Waals surface area contributed by atoms with Gasteiger partial charge in [0.2, 0.25) is 17.7 Å². The van der Waals surface area contributed by atoms with Gasteiger partial charge < -0.3 is 20.6 Å². The highest BCUT2D eigenvalue weighted by molar-refractivity contribution is 9.09. The van der Waals surface area contributed by atoms with Gasteiger partial charge in [-0.1, -0.05) is 64.5 Å². The minimum absolute atomic E-state index is 0.000923. The van der Waals surface area contributed by atoms with Gasteiger partial charge >= 0.3 is 0 Å². The number of benzene rings is 2. The average molecular weight is 587 g/mol. The summed E-state index contributed by atoms with van der Waals surface area (Å²) in [5, 5.41) is 16.3. The van der Waals surface area contributed by atoms with E-state index in [0.717, 1.165) is 22.4 Å². The summed E-state index contributed by atoms with van der Waals surface area (Å²) < 4.78 is -0.766. The molecule has 3 unspecified atom stereocenters. The van der Waals surface area contributed by atoms with Crippen LogP contribution >= 0.6 is 27.7 Å². The molecule has 3 saturated heterocycles. The predicted molar refractivity (Wildman–Crippen MR) is 149 cm³/mol. The molecule has 3 amide bonds. The number of alkyl halides is 1. The van der Waals surface area contributed by atoms with E-state index in [1.165, 1.54) is 0 Å². The third kappa shape index (κ3) is 4.19. The zero-order valence-electron chi connectivity index (χ0n) is 21.1. The monoisotopic (exact) mass is 585 g/mol. The van der Waals surface area contributed by atoms with E-state index in [-0.39, 0.29) is 34.4 Å². The van der Waals surface area contributed by atoms with Crippen molar-refractivity contribution < 1.29 is 19.5 Å². The summed E-state index contributed by atoms with van der Waals surface area (Å²) in [5.41, 5.74) is 3.58. The Balaban J connectivity index is 1.59. The number of aliphatic hydroxyl groups is 1. The van der Waals surface area contributed by atoms with Gasteiger partial charge in [-0.25, -0.2) is 0 Å². The van der Waals surface area contributed by atoms with Crippen LogP contribution in [0.5, 0.6) is 0 Å². The van der Waals surface area contributed by atoms with E-state index in [1.54, 1.807) is 23.7 Å². The van der Waals surface area contributed by atoms with Crippen LogP contribution in [0.4, 0.5) is 5.69 Å². The Labute approximate surface area is 229 Å². The molecule has 0 aliphatic carbocycles. The fourth-order valence-corrected chi connectivity index (χ4v) is 10.2. The first-order chi connectivity index (χ1) is 17.7. The van der Waals surface area contributed by atoms with Crippen molar-refractivity contribution in [2.24, 2.45) is 11.8 Å². The zero-order chi connectivity index (χ0) is 26.5. The molecule has 3 N–H and O–H groups in total. The molecule has 3 aliphatic rings. The lowest BCUT2D eigenvalue weighted by molar-refractivity contribution is -0.141. The van der Waals surface area contributed by atoms with Crippen LogP contribution in [0.15, 0.2) is 48.5 Å². The molecule has 2 aromatic carbocycles. The molecule has 9 heteroatoms. The number of likely N-dealkylation sites (tertiary alicyclic amines) is 1. The van der Waals surface area contributed by atoms with Crippen LogP contribution in [0, 0.1) is 25.7 Å². The van der Waals surface area contributed by atoms with E-state index < -0.39 is 28.7 Å². The third-order valence-corrected chi connectivity index (χ3v) is 11.4. The van der Waals surface area contributed by atoms with Crippen molar-refractivity contribution in [3.8, 4) is 0 Å². The van der Waals surface area contributed by atoms with Gasteiger partial charge in [0.25, 0.3) is 0 Å². The van der Waals surface area contributed by atoms with Crippen LogP contribution < -0.4 is 10.6 Å². The molecule has 5 rings (SSSR count). The molecular formula is C28H32BrN3O4S. The molecule has 0 aromatic heterocycles. The number of thioether (sulfide) groups is 1. The molecule has 3 aliphatic heterocycles. The van der Waals surface area contributed by atoms with Gasteiger partial charge in [0, 0.05) is 22.8 Å². The number of anilines is 1. The molecule has 37 heavy (non-hydrogen) atoms. The van der Waals surface area contributed by atoms with Crippen molar-refractivity contribution in [1.82, 2.24) is 10.2 Å². The van der Waals surface area contributed by atoms with Crippen molar-refractivity contribution in [3.63, 3.8) is 0 Å². The average Bonchev–Trinajstić information content (AvgIpc) is 3.48. The number of fused-ring (bicyclic) bond motifs is 1. The van der Waals surface area contributed by atoms with E-state index in [9.17, 15) is 19.5 Å². The molecule has 3 fully saturated rings. The number of carbonyl (C=O) groups is 3. The van der Waals surface area contributed by atoms with E-state index in [2.05, 4.69) is 26.6 Å². The van der Waals surface area contributed by atoms with Crippen LogP contribution in [0.25, 0.3) is 0 Å². The summed E-state index contributed by atoms with van der Waals surface area (Å²) in [4.78, 5) is 43.1. The number of aliphatic hydroxyl groups excluding tert-OH is 1. The Bertz CT molecular complexity index is 1210. The Morgan fingerprint density at radius 3 is 2.43 bits per heavy atom. The van der Waals surface area contributed by atoms with Crippen LogP contribution in [0.3, 0.4) is 0 Å². The van der Waals surface area contributed by atoms with Crippen LogP contribution in [-0.2, 0) is 20.8 Å². The Hall–Kier alpha value is -2.36. The SMILES string of the molecule is CNC(=O)[C@H]1[C@@H]2SC3(CC2Br)C(C(=O)Nc2c(C)cccc2C)N([C@@H](CO)Cc2ccccc2)C(=O)[C@H]13. The van der Waals surface area contributed by atoms with Crippen LogP contribution in [0.2, 0.25) is 0 Å². The Kier molecular flexibility index (Phi) is 7.15. The molecule has 2 bridgehead atoms. The van der Waals surface area contributed by atoms with Gasteiger partial charge in [0.05, 0.1) is 29.2 Å². The number of nitrogens with zero attached hydrogens (tertiary/aromatic N) is 1. The van der Waals surface area contributed by atoms with Gasteiger partial charge in [-0.05, 0) is 43.4 Å². The smallest absolute Gasteiger partial charge is 0.248 e. The third-order valence-electron chi connectivity index (χ3n) is 8.17. The van der Waals surface area contributed by atoms with E-state index in [0.29, 0.717) is 12.8 Å². The van der Waals surface area contributed by atoms with Gasteiger partial charge in [-0.3, -0.25) is 14.4 Å². The molecule has 0 saturated carbocycles. The molecule has 3 heterocycles. The quantitative estimate of drug-likeness (QED) is 0.434.